The molecule has 0 aliphatic heterocycles. The van der Waals surface area contributed by atoms with Gasteiger partial charge in [-0.2, -0.15) is 0 Å². The zero-order valence-electron chi connectivity index (χ0n) is 9.83. The number of benzene rings is 1. The number of aliphatic hydroxyl groups excluding tert-OH is 1. The van der Waals surface area contributed by atoms with Gasteiger partial charge in [0.05, 0.1) is 6.61 Å². The number of nitrogens with zero attached hydrogens (tertiary/aromatic N) is 1. The molecule has 1 aromatic rings. The van der Waals surface area contributed by atoms with Crippen LogP contribution >= 0.6 is 0 Å². The normalized spacial score (nSPS) is 10.5. The molecule has 0 amide bonds. The predicted octanol–water partition coefficient (Wildman–Crippen LogP) is 1.36. The van der Waals surface area contributed by atoms with E-state index < -0.39 is 0 Å². The molecule has 0 saturated carbocycles. The third kappa shape index (κ3) is 2.93. The van der Waals surface area contributed by atoms with Gasteiger partial charge in [-0.05, 0) is 26.1 Å². The van der Waals surface area contributed by atoms with Gasteiger partial charge in [0.2, 0.25) is 0 Å². The highest BCUT2D eigenvalue weighted by Gasteiger charge is 2.12. The number of halogens is 1. The van der Waals surface area contributed by atoms with Crippen molar-refractivity contribution in [1.82, 2.24) is 5.32 Å². The SMILES string of the molecule is CCN(CCO)c1cccc(F)c1CNC. The van der Waals surface area contributed by atoms with Crippen LogP contribution in [0.5, 0.6) is 0 Å². The zero-order valence-corrected chi connectivity index (χ0v) is 9.83. The monoisotopic (exact) mass is 226 g/mol. The largest absolute Gasteiger partial charge is 0.395 e. The molecule has 0 spiro atoms. The van der Waals surface area contributed by atoms with Crippen molar-refractivity contribution in [3.8, 4) is 0 Å². The van der Waals surface area contributed by atoms with Gasteiger partial charge in [-0.25, -0.2) is 4.39 Å². The lowest BCUT2D eigenvalue weighted by Gasteiger charge is -2.25. The van der Waals surface area contributed by atoms with Crippen LogP contribution in [0.15, 0.2) is 18.2 Å². The van der Waals surface area contributed by atoms with Gasteiger partial charge in [-0.3, -0.25) is 0 Å². The van der Waals surface area contributed by atoms with Gasteiger partial charge in [0.1, 0.15) is 5.82 Å². The predicted molar refractivity (Wildman–Crippen MR) is 64.1 cm³/mol. The Balaban J connectivity index is 3.04. The van der Waals surface area contributed by atoms with Gasteiger partial charge >= 0.3 is 0 Å². The smallest absolute Gasteiger partial charge is 0.129 e. The van der Waals surface area contributed by atoms with E-state index in [1.54, 1.807) is 13.1 Å². The molecule has 0 fully saturated rings. The molecule has 0 atom stereocenters. The summed E-state index contributed by atoms with van der Waals surface area (Å²) in [7, 11) is 1.79. The molecule has 4 heteroatoms. The third-order valence-corrected chi connectivity index (χ3v) is 2.54. The molecular formula is C12H19FN2O. The van der Waals surface area contributed by atoms with E-state index in [1.165, 1.54) is 6.07 Å². The number of likely N-dealkylation sites (N-methyl/N-ethyl adjacent to an activating group) is 1. The minimum absolute atomic E-state index is 0.0728. The lowest BCUT2D eigenvalue weighted by Crippen LogP contribution is -2.28. The maximum Gasteiger partial charge on any atom is 0.129 e. The van der Waals surface area contributed by atoms with Gasteiger partial charge in [-0.1, -0.05) is 6.07 Å². The van der Waals surface area contributed by atoms with E-state index in [0.717, 1.165) is 12.2 Å². The minimum Gasteiger partial charge on any atom is -0.395 e. The fourth-order valence-electron chi connectivity index (χ4n) is 1.76. The van der Waals surface area contributed by atoms with Crippen LogP contribution in [0.25, 0.3) is 0 Å². The second-order valence-corrected chi connectivity index (χ2v) is 3.57. The van der Waals surface area contributed by atoms with Crippen molar-refractivity contribution < 1.29 is 9.50 Å². The van der Waals surface area contributed by atoms with Crippen LogP contribution in [0.1, 0.15) is 12.5 Å². The Labute approximate surface area is 95.9 Å². The van der Waals surface area contributed by atoms with Crippen LogP contribution < -0.4 is 10.2 Å². The van der Waals surface area contributed by atoms with E-state index in [0.29, 0.717) is 18.7 Å². The van der Waals surface area contributed by atoms with E-state index >= 15 is 0 Å². The lowest BCUT2D eigenvalue weighted by molar-refractivity contribution is 0.302. The molecule has 16 heavy (non-hydrogen) atoms. The molecule has 0 bridgehead atoms. The summed E-state index contributed by atoms with van der Waals surface area (Å²) in [4.78, 5) is 1.97. The fraction of sp³-hybridized carbons (Fsp3) is 0.500. The Morgan fingerprint density at radius 2 is 2.19 bits per heavy atom. The highest BCUT2D eigenvalue weighted by molar-refractivity contribution is 5.54. The van der Waals surface area contributed by atoms with E-state index in [1.807, 2.05) is 17.9 Å². The molecule has 0 saturated heterocycles. The van der Waals surface area contributed by atoms with Crippen molar-refractivity contribution in [2.75, 3.05) is 31.6 Å². The van der Waals surface area contributed by atoms with Crippen LogP contribution in [-0.4, -0.2) is 31.9 Å². The van der Waals surface area contributed by atoms with Crippen LogP contribution in [0.4, 0.5) is 10.1 Å². The summed E-state index contributed by atoms with van der Waals surface area (Å²) in [6.07, 6.45) is 0. The van der Waals surface area contributed by atoms with E-state index in [4.69, 9.17) is 5.11 Å². The van der Waals surface area contributed by atoms with Crippen LogP contribution in [-0.2, 0) is 6.54 Å². The van der Waals surface area contributed by atoms with Gasteiger partial charge in [0.15, 0.2) is 0 Å². The first-order valence-corrected chi connectivity index (χ1v) is 5.52. The molecule has 1 rings (SSSR count). The zero-order chi connectivity index (χ0) is 12.0. The molecule has 3 nitrogen and oxygen atoms in total. The first kappa shape index (κ1) is 12.9. The molecule has 0 radical (unpaired) electrons. The van der Waals surface area contributed by atoms with Crippen molar-refractivity contribution in [2.45, 2.75) is 13.5 Å². The highest BCUT2D eigenvalue weighted by Crippen LogP contribution is 2.22. The fourth-order valence-corrected chi connectivity index (χ4v) is 1.76. The van der Waals surface area contributed by atoms with Crippen LogP contribution in [0, 0.1) is 5.82 Å². The second kappa shape index (κ2) is 6.45. The molecule has 0 aliphatic carbocycles. The lowest BCUT2D eigenvalue weighted by atomic mass is 10.1. The van der Waals surface area contributed by atoms with E-state index in [2.05, 4.69) is 5.32 Å². The molecule has 1 aromatic carbocycles. The van der Waals surface area contributed by atoms with Gasteiger partial charge in [0.25, 0.3) is 0 Å². The quantitative estimate of drug-likeness (QED) is 0.769. The third-order valence-electron chi connectivity index (χ3n) is 2.54. The maximum absolute atomic E-state index is 13.6. The van der Waals surface area contributed by atoms with Crippen LogP contribution in [0.2, 0.25) is 0 Å². The number of rotatable bonds is 6. The van der Waals surface area contributed by atoms with Crippen molar-refractivity contribution in [2.24, 2.45) is 0 Å². The molecule has 0 heterocycles. The average molecular weight is 226 g/mol. The average Bonchev–Trinajstić information content (AvgIpc) is 2.29. The Morgan fingerprint density at radius 1 is 1.44 bits per heavy atom. The first-order chi connectivity index (χ1) is 7.74. The molecular weight excluding hydrogens is 207 g/mol. The second-order valence-electron chi connectivity index (χ2n) is 3.57. The summed E-state index contributed by atoms with van der Waals surface area (Å²) in [5, 5.41) is 11.9. The van der Waals surface area contributed by atoms with Crippen molar-refractivity contribution in [3.63, 3.8) is 0 Å². The Kier molecular flexibility index (Phi) is 5.22. The standard InChI is InChI=1S/C12H19FN2O/c1-3-15(7-8-16)12-6-4-5-11(13)10(12)9-14-2/h4-6,14,16H,3,7-9H2,1-2H3. The van der Waals surface area contributed by atoms with Gasteiger partial charge < -0.3 is 15.3 Å². The number of aliphatic hydroxyl groups is 1. The summed E-state index contributed by atoms with van der Waals surface area (Å²) in [5.74, 6) is -0.205. The summed E-state index contributed by atoms with van der Waals surface area (Å²) >= 11 is 0. The van der Waals surface area contributed by atoms with Crippen molar-refractivity contribution >= 4 is 5.69 Å². The summed E-state index contributed by atoms with van der Waals surface area (Å²) in [5.41, 5.74) is 1.51. The molecule has 90 valence electrons. The number of anilines is 1. The maximum atomic E-state index is 13.6. The number of hydrogen-bond donors (Lipinski definition) is 2. The topological polar surface area (TPSA) is 35.5 Å². The Bertz CT molecular complexity index is 331. The Hall–Kier alpha value is -1.13. The molecule has 0 unspecified atom stereocenters. The Morgan fingerprint density at radius 3 is 2.75 bits per heavy atom. The minimum atomic E-state index is -0.205. The molecule has 2 N–H and O–H groups in total. The molecule has 0 aromatic heterocycles. The highest BCUT2D eigenvalue weighted by atomic mass is 19.1. The van der Waals surface area contributed by atoms with Gasteiger partial charge in [-0.15, -0.1) is 0 Å². The summed E-state index contributed by atoms with van der Waals surface area (Å²) in [6, 6.07) is 5.04. The summed E-state index contributed by atoms with van der Waals surface area (Å²) in [6.45, 7) is 3.83. The summed E-state index contributed by atoms with van der Waals surface area (Å²) < 4.78 is 13.6. The first-order valence-electron chi connectivity index (χ1n) is 5.52. The van der Waals surface area contributed by atoms with Crippen molar-refractivity contribution in [3.05, 3.63) is 29.6 Å². The van der Waals surface area contributed by atoms with E-state index in [-0.39, 0.29) is 12.4 Å². The van der Waals surface area contributed by atoms with Crippen LogP contribution in [0.3, 0.4) is 0 Å². The number of hydrogen-bond acceptors (Lipinski definition) is 3. The number of nitrogens with one attached hydrogen (secondary N) is 1. The van der Waals surface area contributed by atoms with Crippen molar-refractivity contribution in [1.29, 1.82) is 0 Å². The molecule has 0 aliphatic rings. The van der Waals surface area contributed by atoms with E-state index in [9.17, 15) is 4.39 Å². The van der Waals surface area contributed by atoms with Gasteiger partial charge in [0, 0.05) is 30.9 Å².